The van der Waals surface area contributed by atoms with Gasteiger partial charge in [-0.1, -0.05) is 48.1 Å². The highest BCUT2D eigenvalue weighted by atomic mass is 16.4. The van der Waals surface area contributed by atoms with Crippen molar-refractivity contribution in [1.82, 2.24) is 20.0 Å². The van der Waals surface area contributed by atoms with Gasteiger partial charge in [0, 0.05) is 24.1 Å². The van der Waals surface area contributed by atoms with Gasteiger partial charge in [-0.2, -0.15) is 0 Å². The molecule has 0 radical (unpaired) electrons. The van der Waals surface area contributed by atoms with Gasteiger partial charge in [0.25, 0.3) is 5.91 Å². The molecule has 2 amide bonds. The molecule has 0 aromatic carbocycles. The normalized spacial score (nSPS) is 21.5. The number of ketones is 1. The first-order valence-electron chi connectivity index (χ1n) is 12.1. The molecule has 33 heavy (non-hydrogen) atoms. The Morgan fingerprint density at radius 3 is 1.79 bits per heavy atom. The van der Waals surface area contributed by atoms with Crippen LogP contribution in [0.3, 0.4) is 0 Å². The number of aromatic nitrogens is 2. The highest BCUT2D eigenvalue weighted by molar-refractivity contribution is 6.38. The molecular weight excluding hydrogens is 420 g/mol. The van der Waals surface area contributed by atoms with Crippen LogP contribution in [0.15, 0.2) is 16.6 Å². The van der Waals surface area contributed by atoms with Crippen LogP contribution in [0.25, 0.3) is 0 Å². The fourth-order valence-corrected chi connectivity index (χ4v) is 4.31. The number of rotatable bonds is 8. The predicted molar refractivity (Wildman–Crippen MR) is 124 cm³/mol. The van der Waals surface area contributed by atoms with Crippen LogP contribution in [0.4, 0.5) is 0 Å². The molecule has 0 saturated carbocycles. The van der Waals surface area contributed by atoms with Crippen LogP contribution in [0, 0.1) is 10.8 Å². The SMILES string of the molecule is C=C(C(=O)N1CCCC1c1nnc([C@@H]2CCCN2C(=O)C(=O)C(C)(C)CC)o1)C(C)(C)CC. The number of likely N-dealkylation sites (tertiary alicyclic amines) is 2. The fourth-order valence-electron chi connectivity index (χ4n) is 4.31. The van der Waals surface area contributed by atoms with Crippen molar-refractivity contribution in [1.29, 1.82) is 0 Å². The summed E-state index contributed by atoms with van der Waals surface area (Å²) in [5, 5.41) is 8.50. The number of amides is 2. The molecule has 0 N–H and O–H groups in total. The van der Waals surface area contributed by atoms with Crippen LogP contribution in [0.2, 0.25) is 0 Å². The van der Waals surface area contributed by atoms with E-state index in [0.717, 1.165) is 25.7 Å². The van der Waals surface area contributed by atoms with Gasteiger partial charge in [0.15, 0.2) is 0 Å². The summed E-state index contributed by atoms with van der Waals surface area (Å²) in [6.07, 6.45) is 4.44. The summed E-state index contributed by atoms with van der Waals surface area (Å²) < 4.78 is 6.04. The Hall–Kier alpha value is -2.51. The molecule has 2 fully saturated rings. The van der Waals surface area contributed by atoms with Crippen LogP contribution in [-0.2, 0) is 14.4 Å². The van der Waals surface area contributed by atoms with E-state index in [0.29, 0.717) is 43.3 Å². The topological polar surface area (TPSA) is 96.6 Å². The number of nitrogens with zero attached hydrogens (tertiary/aromatic N) is 4. The van der Waals surface area contributed by atoms with Crippen molar-refractivity contribution >= 4 is 17.6 Å². The third-order valence-corrected chi connectivity index (χ3v) is 7.71. The number of carbonyl (C=O) groups is 3. The van der Waals surface area contributed by atoms with Crippen LogP contribution < -0.4 is 0 Å². The quantitative estimate of drug-likeness (QED) is 0.423. The molecule has 0 aliphatic carbocycles. The van der Waals surface area contributed by atoms with Crippen molar-refractivity contribution < 1.29 is 18.8 Å². The van der Waals surface area contributed by atoms with Gasteiger partial charge in [0.2, 0.25) is 23.5 Å². The van der Waals surface area contributed by atoms with E-state index >= 15 is 0 Å². The van der Waals surface area contributed by atoms with Crippen LogP contribution >= 0.6 is 0 Å². The Morgan fingerprint density at radius 1 is 0.879 bits per heavy atom. The van der Waals surface area contributed by atoms with E-state index in [2.05, 4.69) is 16.8 Å². The lowest BCUT2D eigenvalue weighted by atomic mass is 9.82. The Morgan fingerprint density at radius 2 is 1.33 bits per heavy atom. The van der Waals surface area contributed by atoms with Gasteiger partial charge in [-0.3, -0.25) is 14.4 Å². The maximum Gasteiger partial charge on any atom is 0.291 e. The van der Waals surface area contributed by atoms with Gasteiger partial charge in [-0.05, 0) is 43.9 Å². The monoisotopic (exact) mass is 458 g/mol. The molecule has 8 nitrogen and oxygen atoms in total. The zero-order valence-corrected chi connectivity index (χ0v) is 20.9. The van der Waals surface area contributed by atoms with Gasteiger partial charge in [0.05, 0.1) is 0 Å². The van der Waals surface area contributed by atoms with Crippen molar-refractivity contribution in [2.45, 2.75) is 92.2 Å². The Labute approximate surface area is 196 Å². The predicted octanol–water partition coefficient (Wildman–Crippen LogP) is 4.39. The molecule has 0 bridgehead atoms. The molecule has 0 spiro atoms. The third-order valence-electron chi connectivity index (χ3n) is 7.71. The first-order chi connectivity index (χ1) is 15.4. The zero-order valence-electron chi connectivity index (χ0n) is 20.9. The number of carbonyl (C=O) groups excluding carboxylic acids is 3. The van der Waals surface area contributed by atoms with E-state index in [1.807, 2.05) is 27.7 Å². The highest BCUT2D eigenvalue weighted by Gasteiger charge is 2.42. The minimum Gasteiger partial charge on any atom is -0.421 e. The minimum atomic E-state index is -0.705. The van der Waals surface area contributed by atoms with E-state index in [1.165, 1.54) is 0 Å². The molecule has 2 saturated heterocycles. The van der Waals surface area contributed by atoms with Gasteiger partial charge in [0.1, 0.15) is 12.1 Å². The van der Waals surface area contributed by atoms with Crippen LogP contribution in [0.1, 0.15) is 104 Å². The van der Waals surface area contributed by atoms with Crippen molar-refractivity contribution in [2.24, 2.45) is 10.8 Å². The first-order valence-corrected chi connectivity index (χ1v) is 12.1. The molecule has 1 aromatic rings. The molecule has 2 aliphatic heterocycles. The smallest absolute Gasteiger partial charge is 0.291 e. The number of hydrogen-bond donors (Lipinski definition) is 0. The minimum absolute atomic E-state index is 0.0748. The summed E-state index contributed by atoms with van der Waals surface area (Å²) in [6, 6.07) is -0.704. The molecular formula is C25H38N4O4. The lowest BCUT2D eigenvalue weighted by Crippen LogP contribution is -2.42. The summed E-state index contributed by atoms with van der Waals surface area (Å²) in [7, 11) is 0. The standard InChI is InChI=1S/C25H38N4O4/c1-8-24(4,5)16(3)22(31)28-14-10-12-17(28)20-26-27-21(33-20)18-13-11-15-29(18)23(32)19(30)25(6,7)9-2/h17-18H,3,8-15H2,1-2,4-7H3/t17?,18-/m0/s1. The molecule has 2 atom stereocenters. The Balaban J connectivity index is 1.78. The van der Waals surface area contributed by atoms with Crippen LogP contribution in [0.5, 0.6) is 0 Å². The summed E-state index contributed by atoms with van der Waals surface area (Å²) in [4.78, 5) is 42.2. The summed E-state index contributed by atoms with van der Waals surface area (Å²) in [5.74, 6) is -0.224. The number of Topliss-reactive ketones (excluding diaryl/α,β-unsaturated/α-hetero) is 1. The summed E-state index contributed by atoms with van der Waals surface area (Å²) >= 11 is 0. The number of hydrogen-bond acceptors (Lipinski definition) is 6. The lowest BCUT2D eigenvalue weighted by Gasteiger charge is -2.30. The largest absolute Gasteiger partial charge is 0.421 e. The molecule has 2 aliphatic rings. The second-order valence-corrected chi connectivity index (χ2v) is 10.6. The Kier molecular flexibility index (Phi) is 7.15. The van der Waals surface area contributed by atoms with E-state index in [-0.39, 0.29) is 23.1 Å². The van der Waals surface area contributed by atoms with Crippen LogP contribution in [-0.4, -0.2) is 50.7 Å². The van der Waals surface area contributed by atoms with Crippen molar-refractivity contribution in [3.05, 3.63) is 23.9 Å². The molecule has 182 valence electrons. The van der Waals surface area contributed by atoms with E-state index in [4.69, 9.17) is 4.42 Å². The highest BCUT2D eigenvalue weighted by Crippen LogP contribution is 2.39. The molecule has 1 aromatic heterocycles. The van der Waals surface area contributed by atoms with E-state index in [1.54, 1.807) is 23.6 Å². The lowest BCUT2D eigenvalue weighted by molar-refractivity contribution is -0.150. The van der Waals surface area contributed by atoms with E-state index < -0.39 is 17.4 Å². The van der Waals surface area contributed by atoms with Gasteiger partial charge < -0.3 is 14.2 Å². The van der Waals surface area contributed by atoms with Gasteiger partial charge >= 0.3 is 0 Å². The second kappa shape index (κ2) is 9.39. The maximum absolute atomic E-state index is 13.2. The second-order valence-electron chi connectivity index (χ2n) is 10.6. The summed E-state index contributed by atoms with van der Waals surface area (Å²) in [6.45, 7) is 16.8. The van der Waals surface area contributed by atoms with Crippen molar-refractivity contribution in [2.75, 3.05) is 13.1 Å². The maximum atomic E-state index is 13.2. The molecule has 1 unspecified atom stereocenters. The molecule has 8 heteroatoms. The Bertz CT molecular complexity index is 860. The average Bonchev–Trinajstić information content (AvgIpc) is 3.55. The van der Waals surface area contributed by atoms with Gasteiger partial charge in [-0.15, -0.1) is 10.2 Å². The summed E-state index contributed by atoms with van der Waals surface area (Å²) in [5.41, 5.74) is -0.404. The zero-order chi connectivity index (χ0) is 24.6. The van der Waals surface area contributed by atoms with Gasteiger partial charge in [-0.25, -0.2) is 0 Å². The fraction of sp³-hybridized carbons (Fsp3) is 0.720. The van der Waals surface area contributed by atoms with Crippen molar-refractivity contribution in [3.63, 3.8) is 0 Å². The average molecular weight is 459 g/mol. The molecule has 3 rings (SSSR count). The third kappa shape index (κ3) is 4.75. The first kappa shape index (κ1) is 25.1. The molecule has 3 heterocycles. The van der Waals surface area contributed by atoms with E-state index in [9.17, 15) is 14.4 Å². The van der Waals surface area contributed by atoms with Crippen molar-refractivity contribution in [3.8, 4) is 0 Å².